The van der Waals surface area contributed by atoms with Gasteiger partial charge in [0.25, 0.3) is 0 Å². The van der Waals surface area contributed by atoms with E-state index in [0.717, 1.165) is 30.8 Å². The minimum Gasteiger partial charge on any atom is -0.493 e. The molecular weight excluding hydrogens is 183 g/mol. The molecule has 0 spiro atoms. The van der Waals surface area contributed by atoms with Crippen molar-refractivity contribution in [1.82, 2.24) is 0 Å². The van der Waals surface area contributed by atoms with E-state index in [0.29, 0.717) is 5.56 Å². The third-order valence-electron chi connectivity index (χ3n) is 2.45. The van der Waals surface area contributed by atoms with Crippen molar-refractivity contribution >= 4 is 0 Å². The Bertz CT molecular complexity index is 325. The Morgan fingerprint density at radius 3 is 3.14 bits per heavy atom. The summed E-state index contributed by atoms with van der Waals surface area (Å²) in [5.41, 5.74) is 1.58. The van der Waals surface area contributed by atoms with Crippen molar-refractivity contribution < 1.29 is 14.2 Å². The summed E-state index contributed by atoms with van der Waals surface area (Å²) in [5.74, 6) is 0.852. The van der Waals surface area contributed by atoms with Gasteiger partial charge < -0.3 is 9.84 Å². The monoisotopic (exact) mass is 196 g/mol. The zero-order chi connectivity index (χ0) is 9.97. The molecule has 1 aromatic rings. The Kier molecular flexibility index (Phi) is 2.68. The number of fused-ring (bicyclic) bond motifs is 1. The number of alkyl halides is 1. The maximum absolute atomic E-state index is 13.1. The highest BCUT2D eigenvalue weighted by atomic mass is 19.1. The van der Waals surface area contributed by atoms with E-state index in [4.69, 9.17) is 9.84 Å². The number of halogens is 1. The Morgan fingerprint density at radius 1 is 1.50 bits per heavy atom. The minimum absolute atomic E-state index is 0.459. The molecule has 76 valence electrons. The number of aliphatic hydroxyl groups excluding tert-OH is 1. The molecule has 1 N–H and O–H groups in total. The van der Waals surface area contributed by atoms with Crippen LogP contribution in [0.2, 0.25) is 0 Å². The highest BCUT2D eigenvalue weighted by Gasteiger charge is 2.14. The predicted octanol–water partition coefficient (Wildman–Crippen LogP) is 2.01. The van der Waals surface area contributed by atoms with E-state index in [1.165, 1.54) is 0 Å². The first kappa shape index (κ1) is 9.46. The summed E-state index contributed by atoms with van der Waals surface area (Å²) in [6.45, 7) is 0.283. The topological polar surface area (TPSA) is 29.5 Å². The second-order valence-electron chi connectivity index (χ2n) is 3.47. The summed E-state index contributed by atoms with van der Waals surface area (Å²) in [6.07, 6.45) is 0.635. The van der Waals surface area contributed by atoms with Gasteiger partial charge in [0, 0.05) is 0 Å². The lowest BCUT2D eigenvalue weighted by Gasteiger charge is -2.18. The molecule has 0 saturated heterocycles. The van der Waals surface area contributed by atoms with E-state index in [-0.39, 0.29) is 0 Å². The van der Waals surface area contributed by atoms with E-state index >= 15 is 0 Å². The molecule has 1 heterocycles. The minimum atomic E-state index is -1.28. The number of rotatable bonds is 2. The second-order valence-corrected chi connectivity index (χ2v) is 3.47. The first-order valence-electron chi connectivity index (χ1n) is 4.82. The van der Waals surface area contributed by atoms with Crippen LogP contribution in [0.4, 0.5) is 4.39 Å². The van der Waals surface area contributed by atoms with Crippen LogP contribution in [0.1, 0.15) is 23.7 Å². The Balaban J connectivity index is 2.29. The zero-order valence-corrected chi connectivity index (χ0v) is 7.87. The van der Waals surface area contributed by atoms with Crippen LogP contribution in [0.3, 0.4) is 0 Å². The van der Waals surface area contributed by atoms with Gasteiger partial charge in [0.05, 0.1) is 13.2 Å². The lowest BCUT2D eigenvalue weighted by atomic mass is 10.0. The molecular formula is C11H13FO2. The molecule has 0 aliphatic carbocycles. The molecule has 0 bridgehead atoms. The van der Waals surface area contributed by atoms with Gasteiger partial charge in [0.15, 0.2) is 0 Å². The van der Waals surface area contributed by atoms with Gasteiger partial charge in [-0.2, -0.15) is 0 Å². The van der Waals surface area contributed by atoms with Crippen molar-refractivity contribution in [1.29, 1.82) is 0 Å². The molecule has 14 heavy (non-hydrogen) atoms. The van der Waals surface area contributed by atoms with Crippen molar-refractivity contribution in [3.63, 3.8) is 0 Å². The molecule has 0 radical (unpaired) electrons. The molecule has 1 aliphatic rings. The van der Waals surface area contributed by atoms with Gasteiger partial charge >= 0.3 is 0 Å². The van der Waals surface area contributed by atoms with Gasteiger partial charge in [-0.15, -0.1) is 0 Å². The fourth-order valence-corrected chi connectivity index (χ4v) is 1.68. The molecule has 1 atom stereocenters. The maximum Gasteiger partial charge on any atom is 0.148 e. The molecule has 2 rings (SSSR count). The van der Waals surface area contributed by atoms with Crippen molar-refractivity contribution in [2.45, 2.75) is 19.0 Å². The van der Waals surface area contributed by atoms with Gasteiger partial charge in [-0.1, -0.05) is 6.07 Å². The summed E-state index contributed by atoms with van der Waals surface area (Å²) in [5, 5.41) is 8.69. The SMILES string of the molecule is OCC(F)c1ccc2c(c1)CCCO2. The van der Waals surface area contributed by atoms with E-state index in [9.17, 15) is 4.39 Å². The lowest BCUT2D eigenvalue weighted by molar-refractivity contribution is 0.179. The number of hydrogen-bond donors (Lipinski definition) is 1. The van der Waals surface area contributed by atoms with Crippen LogP contribution in [0.5, 0.6) is 5.75 Å². The van der Waals surface area contributed by atoms with Crippen molar-refractivity contribution in [3.05, 3.63) is 29.3 Å². The molecule has 0 saturated carbocycles. The number of hydrogen-bond acceptors (Lipinski definition) is 2. The second kappa shape index (κ2) is 3.96. The molecule has 0 amide bonds. The average molecular weight is 196 g/mol. The highest BCUT2D eigenvalue weighted by Crippen LogP contribution is 2.28. The normalized spacial score (nSPS) is 17.0. The number of aryl methyl sites for hydroxylation is 1. The van der Waals surface area contributed by atoms with Crippen LogP contribution < -0.4 is 4.74 Å². The number of ether oxygens (including phenoxy) is 1. The van der Waals surface area contributed by atoms with Crippen LogP contribution in [0.15, 0.2) is 18.2 Å². The summed E-state index contributed by atoms with van der Waals surface area (Å²) in [7, 11) is 0. The molecule has 1 unspecified atom stereocenters. The largest absolute Gasteiger partial charge is 0.493 e. The fraction of sp³-hybridized carbons (Fsp3) is 0.455. The maximum atomic E-state index is 13.1. The summed E-state index contributed by atoms with van der Waals surface area (Å²) < 4.78 is 18.6. The standard InChI is InChI=1S/C11H13FO2/c12-10(7-13)8-3-4-11-9(6-8)2-1-5-14-11/h3-4,6,10,13H,1-2,5,7H2. The van der Waals surface area contributed by atoms with Crippen LogP contribution in [-0.4, -0.2) is 18.3 Å². The Morgan fingerprint density at radius 2 is 2.36 bits per heavy atom. The number of aliphatic hydroxyl groups is 1. The smallest absolute Gasteiger partial charge is 0.148 e. The summed E-state index contributed by atoms with van der Waals surface area (Å²) >= 11 is 0. The van der Waals surface area contributed by atoms with E-state index in [1.54, 1.807) is 18.2 Å². The first-order valence-corrected chi connectivity index (χ1v) is 4.82. The molecule has 1 aromatic carbocycles. The van der Waals surface area contributed by atoms with Crippen molar-refractivity contribution in [3.8, 4) is 5.75 Å². The van der Waals surface area contributed by atoms with Gasteiger partial charge in [-0.25, -0.2) is 4.39 Å². The molecule has 1 aliphatic heterocycles. The van der Waals surface area contributed by atoms with E-state index < -0.39 is 12.8 Å². The molecule has 0 fully saturated rings. The van der Waals surface area contributed by atoms with Crippen molar-refractivity contribution in [2.24, 2.45) is 0 Å². The van der Waals surface area contributed by atoms with Crippen molar-refractivity contribution in [2.75, 3.05) is 13.2 Å². The van der Waals surface area contributed by atoms with Crippen LogP contribution in [0.25, 0.3) is 0 Å². The lowest BCUT2D eigenvalue weighted by Crippen LogP contribution is -2.09. The molecule has 2 nitrogen and oxygen atoms in total. The first-order chi connectivity index (χ1) is 6.81. The van der Waals surface area contributed by atoms with E-state index in [2.05, 4.69) is 0 Å². The molecule has 0 aromatic heterocycles. The van der Waals surface area contributed by atoms with E-state index in [1.807, 2.05) is 0 Å². The Labute approximate surface area is 82.3 Å². The molecule has 3 heteroatoms. The predicted molar refractivity (Wildman–Crippen MR) is 51.2 cm³/mol. The summed E-state index contributed by atoms with van der Waals surface area (Å²) in [4.78, 5) is 0. The van der Waals surface area contributed by atoms with Crippen LogP contribution in [-0.2, 0) is 6.42 Å². The quantitative estimate of drug-likeness (QED) is 0.784. The number of benzene rings is 1. The highest BCUT2D eigenvalue weighted by molar-refractivity contribution is 5.39. The third-order valence-corrected chi connectivity index (χ3v) is 2.45. The average Bonchev–Trinajstić information content (AvgIpc) is 2.27. The Hall–Kier alpha value is -1.09. The van der Waals surface area contributed by atoms with Gasteiger partial charge in [-0.3, -0.25) is 0 Å². The van der Waals surface area contributed by atoms with Crippen LogP contribution >= 0.6 is 0 Å². The van der Waals surface area contributed by atoms with Gasteiger partial charge in [0.1, 0.15) is 11.9 Å². The third kappa shape index (κ3) is 1.73. The summed E-state index contributed by atoms with van der Waals surface area (Å²) in [6, 6.07) is 5.24. The fourth-order valence-electron chi connectivity index (χ4n) is 1.68. The van der Waals surface area contributed by atoms with Crippen LogP contribution in [0, 0.1) is 0 Å². The zero-order valence-electron chi connectivity index (χ0n) is 7.87. The van der Waals surface area contributed by atoms with Gasteiger partial charge in [0.2, 0.25) is 0 Å². The van der Waals surface area contributed by atoms with Gasteiger partial charge in [-0.05, 0) is 36.1 Å².